The molecule has 0 unspecified atom stereocenters. The van der Waals surface area contributed by atoms with Crippen LogP contribution in [0.5, 0.6) is 11.9 Å². The van der Waals surface area contributed by atoms with Gasteiger partial charge in [0.1, 0.15) is 47.6 Å². The van der Waals surface area contributed by atoms with Crippen molar-refractivity contribution in [2.24, 2.45) is 0 Å². The first-order chi connectivity index (χ1) is 23.4. The number of nitrogen functional groups attached to an aromatic ring is 1. The molecule has 16 heteroatoms. The number of nitrogens with zero attached hydrogens (tertiary/aromatic N) is 7. The summed E-state index contributed by atoms with van der Waals surface area (Å²) >= 11 is 0. The minimum Gasteiger partial charge on any atom is -0.475 e. The Balaban J connectivity index is 1.35. The Morgan fingerprint density at radius 1 is 1.22 bits per heavy atom. The van der Waals surface area contributed by atoms with Crippen LogP contribution in [0.1, 0.15) is 48.9 Å². The van der Waals surface area contributed by atoms with Crippen LogP contribution in [0.25, 0.3) is 33.1 Å². The average Bonchev–Trinajstić information content (AvgIpc) is 3.72. The molecule has 0 aliphatic carbocycles. The maximum absolute atomic E-state index is 17.1. The van der Waals surface area contributed by atoms with E-state index in [9.17, 15) is 17.6 Å². The van der Waals surface area contributed by atoms with Crippen LogP contribution in [-0.2, 0) is 6.18 Å². The number of alkyl halides is 4. The van der Waals surface area contributed by atoms with E-state index in [0.29, 0.717) is 18.5 Å². The molecule has 2 fully saturated rings. The lowest BCUT2D eigenvalue weighted by Gasteiger charge is -2.32. The molecule has 49 heavy (non-hydrogen) atoms. The number of anilines is 2. The summed E-state index contributed by atoms with van der Waals surface area (Å²) in [4.78, 5) is 21.7. The quantitative estimate of drug-likeness (QED) is 0.208. The van der Waals surface area contributed by atoms with Crippen molar-refractivity contribution >= 4 is 33.4 Å². The second kappa shape index (κ2) is 11.4. The smallest absolute Gasteiger partial charge is 0.417 e. The lowest BCUT2D eigenvalue weighted by molar-refractivity contribution is -0.137. The topological polar surface area (TPSA) is 131 Å². The molecule has 5 aromatic rings. The third-order valence-corrected chi connectivity index (χ3v) is 10.0. The summed E-state index contributed by atoms with van der Waals surface area (Å²) in [6, 6.07) is 4.20. The number of H-pyrrole nitrogens is 1. The molecule has 0 amide bonds. The minimum atomic E-state index is -4.86. The van der Waals surface area contributed by atoms with Gasteiger partial charge < -0.3 is 20.1 Å². The van der Waals surface area contributed by atoms with Gasteiger partial charge in [-0.2, -0.15) is 28.2 Å². The van der Waals surface area contributed by atoms with Gasteiger partial charge in [0.25, 0.3) is 0 Å². The van der Waals surface area contributed by atoms with Crippen molar-refractivity contribution in [1.82, 2.24) is 35.0 Å². The zero-order chi connectivity index (χ0) is 34.2. The number of aromatic amines is 1. The SMILES string of the molecule is Cc1cc2[nH]ncc2c(-c2nc3c4c(nc(OC[C@@]56CCCN5C[C@H](F)C6)nc4c2F)N([C@H](C)c2cccnc2N)CCO3)c1C(F)(F)F. The van der Waals surface area contributed by atoms with Crippen molar-refractivity contribution in [3.05, 3.63) is 53.1 Å². The van der Waals surface area contributed by atoms with Crippen LogP contribution in [-0.4, -0.2) is 79.6 Å². The number of nitrogens with one attached hydrogen (secondary N) is 1. The van der Waals surface area contributed by atoms with Crippen LogP contribution < -0.4 is 20.1 Å². The van der Waals surface area contributed by atoms with Crippen LogP contribution in [0.15, 0.2) is 30.6 Å². The second-order valence-electron chi connectivity index (χ2n) is 13.0. The molecular weight excluding hydrogens is 649 g/mol. The van der Waals surface area contributed by atoms with E-state index in [1.54, 1.807) is 12.3 Å². The van der Waals surface area contributed by atoms with Gasteiger partial charge in [-0.05, 0) is 50.9 Å². The molecule has 3 atom stereocenters. The number of fused-ring (bicyclic) bond motifs is 2. The number of ether oxygens (including phenoxy) is 2. The number of nitrogens with two attached hydrogens (primary N) is 1. The summed E-state index contributed by atoms with van der Waals surface area (Å²) in [5.74, 6) is -0.766. The van der Waals surface area contributed by atoms with Crippen LogP contribution in [0, 0.1) is 12.7 Å². The number of aromatic nitrogens is 6. The summed E-state index contributed by atoms with van der Waals surface area (Å²) in [6.07, 6.45) is -1.21. The predicted molar refractivity (Wildman–Crippen MR) is 171 cm³/mol. The first kappa shape index (κ1) is 31.4. The lowest BCUT2D eigenvalue weighted by Crippen LogP contribution is -2.43. The van der Waals surface area contributed by atoms with Gasteiger partial charge in [-0.15, -0.1) is 0 Å². The Morgan fingerprint density at radius 3 is 2.86 bits per heavy atom. The first-order valence-electron chi connectivity index (χ1n) is 16.0. The fraction of sp³-hybridized carbons (Fsp3) is 0.424. The predicted octanol–water partition coefficient (Wildman–Crippen LogP) is 5.93. The lowest BCUT2D eigenvalue weighted by atomic mass is 9.94. The fourth-order valence-electron chi connectivity index (χ4n) is 7.81. The highest BCUT2D eigenvalue weighted by atomic mass is 19.4. The molecule has 11 nitrogen and oxygen atoms in total. The summed E-state index contributed by atoms with van der Waals surface area (Å²) in [5, 5.41) is 6.70. The largest absolute Gasteiger partial charge is 0.475 e. The third kappa shape index (κ3) is 5.06. The molecule has 3 aliphatic rings. The minimum absolute atomic E-state index is 0.0278. The summed E-state index contributed by atoms with van der Waals surface area (Å²) in [6.45, 7) is 4.51. The second-order valence-corrected chi connectivity index (χ2v) is 13.0. The number of aryl methyl sites for hydroxylation is 1. The highest BCUT2D eigenvalue weighted by Gasteiger charge is 2.49. The van der Waals surface area contributed by atoms with Gasteiger partial charge in [-0.25, -0.2) is 18.7 Å². The fourth-order valence-corrected chi connectivity index (χ4v) is 7.81. The summed E-state index contributed by atoms with van der Waals surface area (Å²) < 4.78 is 87.9. The maximum atomic E-state index is 17.1. The van der Waals surface area contributed by atoms with E-state index in [2.05, 4.69) is 30.0 Å². The Bertz CT molecular complexity index is 2110. The van der Waals surface area contributed by atoms with Gasteiger partial charge in [-0.1, -0.05) is 6.07 Å². The zero-order valence-electron chi connectivity index (χ0n) is 26.6. The molecule has 0 saturated carbocycles. The van der Waals surface area contributed by atoms with Gasteiger partial charge in [0, 0.05) is 35.7 Å². The molecule has 1 aromatic carbocycles. The van der Waals surface area contributed by atoms with Crippen molar-refractivity contribution in [1.29, 1.82) is 0 Å². The number of hydrogen-bond acceptors (Lipinski definition) is 10. The molecule has 0 spiro atoms. The van der Waals surface area contributed by atoms with Crippen LogP contribution in [0.3, 0.4) is 0 Å². The van der Waals surface area contributed by atoms with E-state index in [4.69, 9.17) is 20.2 Å². The normalized spacial score (nSPS) is 21.6. The molecule has 3 aliphatic heterocycles. The highest BCUT2D eigenvalue weighted by molar-refractivity contribution is 6.02. The highest BCUT2D eigenvalue weighted by Crippen LogP contribution is 2.47. The average molecular weight is 682 g/mol. The molecule has 0 bridgehead atoms. The molecule has 7 heterocycles. The number of hydrogen-bond donors (Lipinski definition) is 2. The number of benzene rings is 1. The number of rotatable bonds is 6. The van der Waals surface area contributed by atoms with Gasteiger partial charge in [-0.3, -0.25) is 10.00 Å². The van der Waals surface area contributed by atoms with Gasteiger partial charge in [0.05, 0.1) is 35.4 Å². The van der Waals surface area contributed by atoms with Crippen molar-refractivity contribution in [3.8, 4) is 23.1 Å². The summed E-state index contributed by atoms with van der Waals surface area (Å²) in [7, 11) is 0. The number of halogens is 5. The van der Waals surface area contributed by atoms with Crippen LogP contribution in [0.2, 0.25) is 0 Å². The van der Waals surface area contributed by atoms with E-state index >= 15 is 4.39 Å². The van der Waals surface area contributed by atoms with Gasteiger partial charge >= 0.3 is 12.2 Å². The van der Waals surface area contributed by atoms with E-state index < -0.39 is 46.6 Å². The Hall–Kier alpha value is -4.86. The van der Waals surface area contributed by atoms with Crippen molar-refractivity contribution in [2.45, 2.75) is 57.0 Å². The first-order valence-corrected chi connectivity index (χ1v) is 16.0. The summed E-state index contributed by atoms with van der Waals surface area (Å²) in [5.41, 5.74) is 4.01. The van der Waals surface area contributed by atoms with Gasteiger partial charge in [0.2, 0.25) is 5.88 Å². The molecule has 4 aromatic heterocycles. The molecule has 8 rings (SSSR count). The zero-order valence-corrected chi connectivity index (χ0v) is 26.6. The maximum Gasteiger partial charge on any atom is 0.417 e. The Kier molecular flexibility index (Phi) is 7.28. The van der Waals surface area contributed by atoms with E-state index in [1.165, 1.54) is 19.2 Å². The van der Waals surface area contributed by atoms with E-state index in [0.717, 1.165) is 13.0 Å². The van der Waals surface area contributed by atoms with Crippen molar-refractivity contribution in [2.75, 3.05) is 43.5 Å². The van der Waals surface area contributed by atoms with E-state index in [-0.39, 0.29) is 77.1 Å². The Labute approximate surface area is 276 Å². The van der Waals surface area contributed by atoms with Crippen LogP contribution in [0.4, 0.5) is 33.6 Å². The van der Waals surface area contributed by atoms with Crippen molar-refractivity contribution < 1.29 is 31.4 Å². The van der Waals surface area contributed by atoms with Gasteiger partial charge in [0.15, 0.2) is 5.82 Å². The van der Waals surface area contributed by atoms with Crippen LogP contribution >= 0.6 is 0 Å². The molecule has 0 radical (unpaired) electrons. The monoisotopic (exact) mass is 681 g/mol. The third-order valence-electron chi connectivity index (χ3n) is 10.0. The van der Waals surface area contributed by atoms with E-state index in [1.807, 2.05) is 17.9 Å². The Morgan fingerprint density at radius 2 is 2.06 bits per heavy atom. The molecule has 2 saturated heterocycles. The molecule has 256 valence electrons. The number of pyridine rings is 2. The molecular formula is C33H32F5N9O2. The van der Waals surface area contributed by atoms with Crippen molar-refractivity contribution in [3.63, 3.8) is 0 Å². The molecule has 3 N–H and O–H groups in total. The standard InChI is InChI=1S/C33H32F5N9O2/c1-16-11-21-20(13-41-45-21)22(24(16)33(36,37)38)26-25(35)27-23-29(44-31(43-27)49-15-32-6-4-8-46(32)14-18(34)12-32)47(9-10-48-30(23)42-26)17(2)19-5-3-7-40-28(19)39/h3,5,7,11,13,17-18H,4,6,8-10,12,14-15H2,1-2H3,(H2,39,40)(H,41,45)/t17-,18-,32+/m1/s1.